The third kappa shape index (κ3) is 2.43. The Morgan fingerprint density at radius 2 is 1.86 bits per heavy atom. The highest BCUT2D eigenvalue weighted by Crippen LogP contribution is 2.30. The Morgan fingerprint density at radius 1 is 1.14 bits per heavy atom. The summed E-state index contributed by atoms with van der Waals surface area (Å²) in [7, 11) is 0. The largest absolute Gasteiger partial charge is 0.366 e. The molecule has 104 valence electrons. The average Bonchev–Trinajstić information content (AvgIpc) is 2.47. The SMILES string of the molecule is Cc1c(-c2ccccc2)nc2ccc(Br)cc2c1C(N)=O. The van der Waals surface area contributed by atoms with Crippen LogP contribution in [-0.4, -0.2) is 10.9 Å². The van der Waals surface area contributed by atoms with Crippen molar-refractivity contribution in [3.05, 3.63) is 64.1 Å². The number of carbonyl (C=O) groups excluding carboxylic acids is 1. The molecule has 2 N–H and O–H groups in total. The van der Waals surface area contributed by atoms with Gasteiger partial charge in [-0.15, -0.1) is 0 Å². The van der Waals surface area contributed by atoms with Crippen LogP contribution in [-0.2, 0) is 0 Å². The number of carbonyl (C=O) groups is 1. The maximum atomic E-state index is 11.9. The van der Waals surface area contributed by atoms with Crippen molar-refractivity contribution in [2.45, 2.75) is 6.92 Å². The molecule has 3 nitrogen and oxygen atoms in total. The number of hydrogen-bond donors (Lipinski definition) is 1. The van der Waals surface area contributed by atoms with Crippen molar-refractivity contribution in [1.82, 2.24) is 4.98 Å². The molecule has 3 rings (SSSR count). The molecule has 0 radical (unpaired) electrons. The van der Waals surface area contributed by atoms with Crippen LogP contribution in [0.15, 0.2) is 53.0 Å². The Bertz CT molecular complexity index is 844. The van der Waals surface area contributed by atoms with E-state index in [4.69, 9.17) is 10.7 Å². The topological polar surface area (TPSA) is 56.0 Å². The number of nitrogens with zero attached hydrogens (tertiary/aromatic N) is 1. The molecule has 0 saturated heterocycles. The van der Waals surface area contributed by atoms with Crippen molar-refractivity contribution >= 4 is 32.7 Å². The zero-order valence-corrected chi connectivity index (χ0v) is 13.0. The fourth-order valence-electron chi connectivity index (χ4n) is 2.53. The van der Waals surface area contributed by atoms with Crippen LogP contribution in [0.4, 0.5) is 0 Å². The molecule has 2 aromatic carbocycles. The third-order valence-corrected chi connectivity index (χ3v) is 3.98. The molecule has 21 heavy (non-hydrogen) atoms. The van der Waals surface area contributed by atoms with E-state index >= 15 is 0 Å². The number of fused-ring (bicyclic) bond motifs is 1. The van der Waals surface area contributed by atoms with E-state index < -0.39 is 5.91 Å². The molecule has 0 fully saturated rings. The first kappa shape index (κ1) is 13.8. The Labute approximate surface area is 130 Å². The van der Waals surface area contributed by atoms with Gasteiger partial charge in [0.05, 0.1) is 16.8 Å². The number of benzene rings is 2. The monoisotopic (exact) mass is 340 g/mol. The quantitative estimate of drug-likeness (QED) is 0.764. The van der Waals surface area contributed by atoms with Gasteiger partial charge >= 0.3 is 0 Å². The molecule has 0 bridgehead atoms. The highest BCUT2D eigenvalue weighted by molar-refractivity contribution is 9.10. The summed E-state index contributed by atoms with van der Waals surface area (Å²) in [4.78, 5) is 16.6. The number of halogens is 1. The predicted octanol–water partition coefficient (Wildman–Crippen LogP) is 4.07. The molecule has 1 heterocycles. The number of nitrogens with two attached hydrogens (primary N) is 1. The van der Waals surface area contributed by atoms with Gasteiger partial charge in [0, 0.05) is 15.4 Å². The molecular formula is C17H13BrN2O. The first-order valence-corrected chi connectivity index (χ1v) is 7.32. The molecule has 0 unspecified atom stereocenters. The number of primary amides is 1. The first-order chi connectivity index (χ1) is 10.1. The fraction of sp³-hybridized carbons (Fsp3) is 0.0588. The number of rotatable bonds is 2. The summed E-state index contributed by atoms with van der Waals surface area (Å²) >= 11 is 3.42. The van der Waals surface area contributed by atoms with Crippen LogP contribution in [0.25, 0.3) is 22.2 Å². The average molecular weight is 341 g/mol. The number of pyridine rings is 1. The van der Waals surface area contributed by atoms with E-state index in [0.29, 0.717) is 5.56 Å². The van der Waals surface area contributed by atoms with Gasteiger partial charge in [0.25, 0.3) is 0 Å². The lowest BCUT2D eigenvalue weighted by Crippen LogP contribution is -2.14. The highest BCUT2D eigenvalue weighted by atomic mass is 79.9. The van der Waals surface area contributed by atoms with Gasteiger partial charge in [-0.05, 0) is 30.7 Å². The second-order valence-corrected chi connectivity index (χ2v) is 5.77. The summed E-state index contributed by atoms with van der Waals surface area (Å²) in [5.41, 5.74) is 9.45. The van der Waals surface area contributed by atoms with Crippen molar-refractivity contribution in [2.75, 3.05) is 0 Å². The maximum absolute atomic E-state index is 11.9. The highest BCUT2D eigenvalue weighted by Gasteiger charge is 2.17. The standard InChI is InChI=1S/C17H13BrN2O/c1-10-15(17(19)21)13-9-12(18)7-8-14(13)20-16(10)11-5-3-2-4-6-11/h2-9H,1H3,(H2,19,21). The molecule has 0 aliphatic heterocycles. The molecule has 3 aromatic rings. The molecule has 1 aromatic heterocycles. The summed E-state index contributed by atoms with van der Waals surface area (Å²) in [5.74, 6) is -0.435. The van der Waals surface area contributed by atoms with E-state index in [1.807, 2.05) is 55.5 Å². The van der Waals surface area contributed by atoms with E-state index in [1.165, 1.54) is 0 Å². The van der Waals surface area contributed by atoms with Gasteiger partial charge in [-0.25, -0.2) is 4.98 Å². The minimum atomic E-state index is -0.435. The lowest BCUT2D eigenvalue weighted by atomic mass is 9.97. The van der Waals surface area contributed by atoms with Crippen LogP contribution in [0, 0.1) is 6.92 Å². The van der Waals surface area contributed by atoms with E-state index in [0.717, 1.165) is 32.2 Å². The Kier molecular flexibility index (Phi) is 3.47. The van der Waals surface area contributed by atoms with E-state index in [9.17, 15) is 4.79 Å². The van der Waals surface area contributed by atoms with Crippen molar-refractivity contribution < 1.29 is 4.79 Å². The van der Waals surface area contributed by atoms with Crippen molar-refractivity contribution in [3.63, 3.8) is 0 Å². The van der Waals surface area contributed by atoms with Crippen LogP contribution >= 0.6 is 15.9 Å². The number of amides is 1. The molecule has 4 heteroatoms. The second-order valence-electron chi connectivity index (χ2n) is 4.85. The molecule has 0 aliphatic rings. The summed E-state index contributed by atoms with van der Waals surface area (Å²) in [6.45, 7) is 1.88. The Hall–Kier alpha value is -2.20. The minimum Gasteiger partial charge on any atom is -0.366 e. The smallest absolute Gasteiger partial charge is 0.249 e. The van der Waals surface area contributed by atoms with Crippen molar-refractivity contribution in [1.29, 1.82) is 0 Å². The van der Waals surface area contributed by atoms with Crippen molar-refractivity contribution in [2.24, 2.45) is 5.73 Å². The Morgan fingerprint density at radius 3 is 2.52 bits per heavy atom. The summed E-state index contributed by atoms with van der Waals surface area (Å²) in [5, 5.41) is 0.772. The Balaban J connectivity index is 2.41. The van der Waals surface area contributed by atoms with Gasteiger partial charge in [-0.2, -0.15) is 0 Å². The lowest BCUT2D eigenvalue weighted by molar-refractivity contribution is 0.100. The zero-order valence-electron chi connectivity index (χ0n) is 11.4. The van der Waals surface area contributed by atoms with Gasteiger partial charge in [0.15, 0.2) is 0 Å². The summed E-state index contributed by atoms with van der Waals surface area (Å²) in [6, 6.07) is 15.5. The van der Waals surface area contributed by atoms with Crippen LogP contribution in [0.3, 0.4) is 0 Å². The third-order valence-electron chi connectivity index (χ3n) is 3.48. The molecule has 1 amide bonds. The zero-order chi connectivity index (χ0) is 15.0. The van der Waals surface area contributed by atoms with Crippen LogP contribution in [0.1, 0.15) is 15.9 Å². The number of aromatic nitrogens is 1. The van der Waals surface area contributed by atoms with E-state index in [2.05, 4.69) is 15.9 Å². The van der Waals surface area contributed by atoms with Crippen LogP contribution in [0.5, 0.6) is 0 Å². The van der Waals surface area contributed by atoms with Gasteiger partial charge in [-0.3, -0.25) is 4.79 Å². The lowest BCUT2D eigenvalue weighted by Gasteiger charge is -2.12. The van der Waals surface area contributed by atoms with Crippen molar-refractivity contribution in [3.8, 4) is 11.3 Å². The molecule has 0 aliphatic carbocycles. The van der Waals surface area contributed by atoms with E-state index in [1.54, 1.807) is 0 Å². The summed E-state index contributed by atoms with van der Waals surface area (Å²) < 4.78 is 0.895. The van der Waals surface area contributed by atoms with Crippen LogP contribution in [0.2, 0.25) is 0 Å². The molecule has 0 saturated carbocycles. The number of hydrogen-bond acceptors (Lipinski definition) is 2. The van der Waals surface area contributed by atoms with Crippen LogP contribution < -0.4 is 5.73 Å². The minimum absolute atomic E-state index is 0.435. The van der Waals surface area contributed by atoms with Gasteiger partial charge in [0.1, 0.15) is 0 Å². The van der Waals surface area contributed by atoms with Gasteiger partial charge < -0.3 is 5.73 Å². The first-order valence-electron chi connectivity index (χ1n) is 6.53. The molecular weight excluding hydrogens is 328 g/mol. The maximum Gasteiger partial charge on any atom is 0.249 e. The second kappa shape index (κ2) is 5.30. The normalized spacial score (nSPS) is 10.8. The predicted molar refractivity (Wildman–Crippen MR) is 88.1 cm³/mol. The van der Waals surface area contributed by atoms with Gasteiger partial charge in [0.2, 0.25) is 5.91 Å². The summed E-state index contributed by atoms with van der Waals surface area (Å²) in [6.07, 6.45) is 0. The molecule has 0 spiro atoms. The molecule has 0 atom stereocenters. The van der Waals surface area contributed by atoms with E-state index in [-0.39, 0.29) is 0 Å². The fourth-order valence-corrected chi connectivity index (χ4v) is 2.89. The van der Waals surface area contributed by atoms with Gasteiger partial charge in [-0.1, -0.05) is 46.3 Å².